The lowest BCUT2D eigenvalue weighted by molar-refractivity contribution is 0.469. The second kappa shape index (κ2) is 6.10. The highest BCUT2D eigenvalue weighted by Crippen LogP contribution is 2.33. The zero-order valence-electron chi connectivity index (χ0n) is 13.6. The van der Waals surface area contributed by atoms with Crippen LogP contribution in [0.3, 0.4) is 0 Å². The number of aromatic amines is 1. The number of H-pyrrole nitrogens is 1. The van der Waals surface area contributed by atoms with Crippen molar-refractivity contribution < 1.29 is 4.74 Å². The molecule has 0 saturated carbocycles. The third-order valence-corrected chi connectivity index (χ3v) is 4.91. The Morgan fingerprint density at radius 3 is 2.84 bits per heavy atom. The molecule has 124 valence electrons. The molecule has 3 aromatic heterocycles. The lowest BCUT2D eigenvalue weighted by Gasteiger charge is -2.11. The Kier molecular flexibility index (Phi) is 3.77. The highest BCUT2D eigenvalue weighted by Gasteiger charge is 2.11. The topological polar surface area (TPSA) is 80.8 Å². The van der Waals surface area contributed by atoms with Crippen molar-refractivity contribution in [2.24, 2.45) is 0 Å². The molecule has 0 aliphatic rings. The van der Waals surface area contributed by atoms with Gasteiger partial charge in [0.2, 0.25) is 5.88 Å². The average Bonchev–Trinajstić information content (AvgIpc) is 3.08. The molecule has 1 N–H and O–H groups in total. The number of nitrogens with one attached hydrogen (secondary N) is 1. The third-order valence-electron chi connectivity index (χ3n) is 4.02. The van der Waals surface area contributed by atoms with Crippen molar-refractivity contribution in [2.45, 2.75) is 13.8 Å². The van der Waals surface area contributed by atoms with Crippen molar-refractivity contribution in [1.29, 1.82) is 0 Å². The summed E-state index contributed by atoms with van der Waals surface area (Å²) in [6.07, 6.45) is 3.16. The summed E-state index contributed by atoms with van der Waals surface area (Å²) in [7, 11) is 0. The predicted molar refractivity (Wildman–Crippen MR) is 97.3 cm³/mol. The Morgan fingerprint density at radius 2 is 2.00 bits per heavy atom. The van der Waals surface area contributed by atoms with E-state index in [0.29, 0.717) is 17.2 Å². The smallest absolute Gasteiger partial charge is 0.267 e. The summed E-state index contributed by atoms with van der Waals surface area (Å²) < 4.78 is 6.87. The number of aromatic nitrogens is 4. The zero-order chi connectivity index (χ0) is 17.4. The molecule has 4 aromatic rings. The van der Waals surface area contributed by atoms with Crippen LogP contribution < -0.4 is 10.3 Å². The summed E-state index contributed by atoms with van der Waals surface area (Å²) in [5.41, 5.74) is 4.09. The van der Waals surface area contributed by atoms with E-state index in [2.05, 4.69) is 20.2 Å². The summed E-state index contributed by atoms with van der Waals surface area (Å²) in [5.74, 6) is 1.23. The normalized spacial score (nSPS) is 11.0. The summed E-state index contributed by atoms with van der Waals surface area (Å²) in [4.78, 5) is 20.2. The van der Waals surface area contributed by atoms with Crippen LogP contribution >= 0.6 is 11.3 Å². The first-order valence-corrected chi connectivity index (χ1v) is 8.53. The van der Waals surface area contributed by atoms with Crippen LogP contribution in [-0.4, -0.2) is 20.2 Å². The molecule has 0 aliphatic carbocycles. The van der Waals surface area contributed by atoms with Crippen molar-refractivity contribution >= 4 is 21.6 Å². The molecule has 0 bridgehead atoms. The van der Waals surface area contributed by atoms with Crippen molar-refractivity contribution in [1.82, 2.24) is 20.2 Å². The standard InChI is InChI=1S/C18H14N4O2S/c1-10-7-12(24-18-16-15(5-6-25-16)19-9-20-18)3-4-13(10)14-8-21-22-17(23)11(14)2/h3-9H,1-2H3,(H,22,23). The van der Waals surface area contributed by atoms with Gasteiger partial charge in [0, 0.05) is 11.1 Å². The molecule has 1 aromatic carbocycles. The Balaban J connectivity index is 1.72. The fourth-order valence-electron chi connectivity index (χ4n) is 2.68. The molecule has 0 amide bonds. The second-order valence-corrected chi connectivity index (χ2v) is 6.55. The Hall–Kier alpha value is -3.06. The van der Waals surface area contributed by atoms with E-state index >= 15 is 0 Å². The molecule has 4 rings (SSSR count). The van der Waals surface area contributed by atoms with Crippen LogP contribution in [0.25, 0.3) is 21.3 Å². The Morgan fingerprint density at radius 1 is 1.12 bits per heavy atom. The van der Waals surface area contributed by atoms with Gasteiger partial charge in [-0.3, -0.25) is 4.79 Å². The van der Waals surface area contributed by atoms with Gasteiger partial charge >= 0.3 is 0 Å². The van der Waals surface area contributed by atoms with Crippen LogP contribution in [-0.2, 0) is 0 Å². The Bertz CT molecular complexity index is 1130. The van der Waals surface area contributed by atoms with Crippen LogP contribution in [0.4, 0.5) is 0 Å². The SMILES string of the molecule is Cc1cc(Oc2ncnc3ccsc23)ccc1-c1cn[nH]c(=O)c1C. The average molecular weight is 350 g/mol. The van der Waals surface area contributed by atoms with Gasteiger partial charge in [-0.2, -0.15) is 5.10 Å². The highest BCUT2D eigenvalue weighted by molar-refractivity contribution is 7.17. The molecule has 0 fully saturated rings. The van der Waals surface area contributed by atoms with Crippen LogP contribution in [0.15, 0.2) is 47.0 Å². The van der Waals surface area contributed by atoms with Gasteiger partial charge in [-0.1, -0.05) is 6.07 Å². The molecule has 3 heterocycles. The number of fused-ring (bicyclic) bond motifs is 1. The van der Waals surface area contributed by atoms with Gasteiger partial charge in [-0.05, 0) is 48.6 Å². The number of rotatable bonds is 3. The van der Waals surface area contributed by atoms with Crippen LogP contribution in [0.2, 0.25) is 0 Å². The third kappa shape index (κ3) is 2.78. The summed E-state index contributed by atoms with van der Waals surface area (Å²) in [6, 6.07) is 7.66. The van der Waals surface area contributed by atoms with Gasteiger partial charge < -0.3 is 4.74 Å². The number of aryl methyl sites for hydroxylation is 1. The van der Waals surface area contributed by atoms with E-state index in [9.17, 15) is 4.79 Å². The van der Waals surface area contributed by atoms with Crippen molar-refractivity contribution in [3.8, 4) is 22.8 Å². The number of thiophene rings is 1. The van der Waals surface area contributed by atoms with Gasteiger partial charge in [0.15, 0.2) is 0 Å². The van der Waals surface area contributed by atoms with E-state index in [-0.39, 0.29) is 5.56 Å². The van der Waals surface area contributed by atoms with Crippen molar-refractivity contribution in [3.63, 3.8) is 0 Å². The minimum Gasteiger partial charge on any atom is -0.437 e. The monoisotopic (exact) mass is 350 g/mol. The highest BCUT2D eigenvalue weighted by atomic mass is 32.1. The molecular formula is C18H14N4O2S. The maximum absolute atomic E-state index is 11.8. The molecule has 6 nitrogen and oxygen atoms in total. The van der Waals surface area contributed by atoms with Crippen LogP contribution in [0.1, 0.15) is 11.1 Å². The van der Waals surface area contributed by atoms with E-state index in [4.69, 9.17) is 4.74 Å². The van der Waals surface area contributed by atoms with Crippen LogP contribution in [0.5, 0.6) is 11.6 Å². The molecule has 0 unspecified atom stereocenters. The van der Waals surface area contributed by atoms with E-state index in [1.807, 2.05) is 36.6 Å². The number of ether oxygens (including phenoxy) is 1. The molecule has 0 radical (unpaired) electrons. The number of benzene rings is 1. The molecular weight excluding hydrogens is 336 g/mol. The first-order valence-electron chi connectivity index (χ1n) is 7.65. The first kappa shape index (κ1) is 15.5. The summed E-state index contributed by atoms with van der Waals surface area (Å²) in [5, 5.41) is 8.30. The summed E-state index contributed by atoms with van der Waals surface area (Å²) >= 11 is 1.54. The lowest BCUT2D eigenvalue weighted by atomic mass is 9.99. The first-order chi connectivity index (χ1) is 12.1. The predicted octanol–water partition coefficient (Wildman–Crippen LogP) is 3.85. The molecule has 0 saturated heterocycles. The molecule has 25 heavy (non-hydrogen) atoms. The van der Waals surface area contributed by atoms with Gasteiger partial charge in [0.1, 0.15) is 16.8 Å². The van der Waals surface area contributed by atoms with E-state index in [1.54, 1.807) is 24.5 Å². The largest absolute Gasteiger partial charge is 0.437 e. The number of nitrogens with zero attached hydrogens (tertiary/aromatic N) is 3. The van der Waals surface area contributed by atoms with Gasteiger partial charge in [0.25, 0.3) is 5.56 Å². The van der Waals surface area contributed by atoms with E-state index in [0.717, 1.165) is 26.9 Å². The minimum absolute atomic E-state index is 0.182. The maximum atomic E-state index is 11.8. The lowest BCUT2D eigenvalue weighted by Crippen LogP contribution is -2.12. The van der Waals surface area contributed by atoms with Gasteiger partial charge in [-0.25, -0.2) is 15.1 Å². The number of hydrogen-bond donors (Lipinski definition) is 1. The molecule has 0 atom stereocenters. The van der Waals surface area contributed by atoms with Crippen molar-refractivity contribution in [2.75, 3.05) is 0 Å². The minimum atomic E-state index is -0.182. The van der Waals surface area contributed by atoms with Crippen LogP contribution in [0, 0.1) is 13.8 Å². The van der Waals surface area contributed by atoms with Crippen molar-refractivity contribution in [3.05, 3.63) is 63.7 Å². The molecule has 7 heteroatoms. The quantitative estimate of drug-likeness (QED) is 0.607. The molecule has 0 spiro atoms. The fourth-order valence-corrected chi connectivity index (χ4v) is 3.45. The maximum Gasteiger partial charge on any atom is 0.267 e. The fraction of sp³-hybridized carbons (Fsp3) is 0.111. The second-order valence-electron chi connectivity index (χ2n) is 5.63. The summed E-state index contributed by atoms with van der Waals surface area (Å²) in [6.45, 7) is 3.76. The molecule has 0 aliphatic heterocycles. The van der Waals surface area contributed by atoms with E-state index in [1.165, 1.54) is 6.33 Å². The van der Waals surface area contributed by atoms with Gasteiger partial charge in [-0.15, -0.1) is 11.3 Å². The zero-order valence-corrected chi connectivity index (χ0v) is 14.4. The Labute approximate surface area is 147 Å². The van der Waals surface area contributed by atoms with Gasteiger partial charge in [0.05, 0.1) is 11.7 Å². The number of hydrogen-bond acceptors (Lipinski definition) is 6. The van der Waals surface area contributed by atoms with E-state index < -0.39 is 0 Å².